The summed E-state index contributed by atoms with van der Waals surface area (Å²) in [6.45, 7) is 7.80. The molecule has 1 aromatic rings. The average Bonchev–Trinajstić information content (AvgIpc) is 2.70. The molecule has 0 aliphatic carbocycles. The Balaban J connectivity index is 0.00000392. The van der Waals surface area contributed by atoms with Crippen LogP contribution in [0, 0.1) is 0 Å². The largest absolute Gasteiger partial charge is 0.496 e. The molecule has 0 radical (unpaired) electrons. The zero-order chi connectivity index (χ0) is 19.8. The van der Waals surface area contributed by atoms with Crippen molar-refractivity contribution >= 4 is 35.8 Å². The Labute approximate surface area is 184 Å². The fourth-order valence-corrected chi connectivity index (χ4v) is 3.04. The lowest BCUT2D eigenvalue weighted by atomic mass is 10.1. The van der Waals surface area contributed by atoms with Gasteiger partial charge in [-0.2, -0.15) is 0 Å². The smallest absolute Gasteiger partial charge is 0.219 e. The normalized spacial score (nSPS) is 14.2. The highest BCUT2D eigenvalue weighted by Crippen LogP contribution is 2.34. The molecule has 0 aromatic heterocycles. The summed E-state index contributed by atoms with van der Waals surface area (Å²) in [4.78, 5) is 20.3. The van der Waals surface area contributed by atoms with E-state index < -0.39 is 0 Å². The van der Waals surface area contributed by atoms with Gasteiger partial charge in [0.1, 0.15) is 5.75 Å². The van der Waals surface area contributed by atoms with Gasteiger partial charge in [0.2, 0.25) is 5.91 Å². The monoisotopic (exact) mass is 506 g/mol. The first kappa shape index (κ1) is 24.1. The maximum atomic E-state index is 11.5. The molecule has 1 fully saturated rings. The van der Waals surface area contributed by atoms with Gasteiger partial charge in [-0.05, 0) is 13.0 Å². The van der Waals surface area contributed by atoms with Gasteiger partial charge in [0.15, 0.2) is 17.5 Å². The van der Waals surface area contributed by atoms with Crippen LogP contribution in [0.15, 0.2) is 17.1 Å². The summed E-state index contributed by atoms with van der Waals surface area (Å²) in [5, 5.41) is 3.33. The van der Waals surface area contributed by atoms with Crippen LogP contribution in [0.5, 0.6) is 17.2 Å². The zero-order valence-corrected chi connectivity index (χ0v) is 19.6. The molecule has 1 N–H and O–H groups in total. The standard InChI is InChI=1S/C19H30N4O4.HI/c1-6-20-19(23-9-7-22(8-10-23)14(2)24)21-13-15-11-17(26-4)18(27-5)12-16(15)25-3;/h11-12H,6-10,13H2,1-5H3,(H,20,21);1H. The molecule has 28 heavy (non-hydrogen) atoms. The number of hydrogen-bond donors (Lipinski definition) is 1. The van der Waals surface area contributed by atoms with Gasteiger partial charge in [0.05, 0.1) is 27.9 Å². The molecule has 1 heterocycles. The number of piperazine rings is 1. The second-order valence-corrected chi connectivity index (χ2v) is 6.18. The van der Waals surface area contributed by atoms with Crippen LogP contribution >= 0.6 is 24.0 Å². The number of ether oxygens (including phenoxy) is 3. The summed E-state index contributed by atoms with van der Waals surface area (Å²) < 4.78 is 16.2. The minimum atomic E-state index is 0. The zero-order valence-electron chi connectivity index (χ0n) is 17.3. The predicted molar refractivity (Wildman–Crippen MR) is 120 cm³/mol. The average molecular weight is 506 g/mol. The Hall–Kier alpha value is -1.91. The lowest BCUT2D eigenvalue weighted by molar-refractivity contribution is -0.130. The number of carbonyl (C=O) groups is 1. The van der Waals surface area contributed by atoms with Crippen LogP contribution < -0.4 is 19.5 Å². The molecule has 0 atom stereocenters. The van der Waals surface area contributed by atoms with E-state index in [2.05, 4.69) is 10.2 Å². The number of carbonyl (C=O) groups excluding carboxylic acids is 1. The van der Waals surface area contributed by atoms with Crippen molar-refractivity contribution in [2.75, 3.05) is 54.1 Å². The van der Waals surface area contributed by atoms with E-state index in [1.54, 1.807) is 28.3 Å². The molecule has 1 amide bonds. The summed E-state index contributed by atoms with van der Waals surface area (Å²) in [7, 11) is 4.83. The quantitative estimate of drug-likeness (QED) is 0.362. The second-order valence-electron chi connectivity index (χ2n) is 6.18. The summed E-state index contributed by atoms with van der Waals surface area (Å²) in [5.41, 5.74) is 0.910. The lowest BCUT2D eigenvalue weighted by Crippen LogP contribution is -2.53. The topological polar surface area (TPSA) is 75.6 Å². The van der Waals surface area contributed by atoms with E-state index in [0.717, 1.165) is 31.2 Å². The van der Waals surface area contributed by atoms with Gasteiger partial charge in [0, 0.05) is 51.3 Å². The number of nitrogens with one attached hydrogen (secondary N) is 1. The van der Waals surface area contributed by atoms with Crippen molar-refractivity contribution in [3.05, 3.63) is 17.7 Å². The highest BCUT2D eigenvalue weighted by molar-refractivity contribution is 14.0. The van der Waals surface area contributed by atoms with Gasteiger partial charge in [-0.1, -0.05) is 0 Å². The van der Waals surface area contributed by atoms with Gasteiger partial charge in [-0.15, -0.1) is 24.0 Å². The summed E-state index contributed by atoms with van der Waals surface area (Å²) in [6, 6.07) is 3.70. The third-order valence-electron chi connectivity index (χ3n) is 4.55. The molecular formula is C19H31IN4O4. The van der Waals surface area contributed by atoms with Crippen molar-refractivity contribution in [3.8, 4) is 17.2 Å². The molecule has 8 nitrogen and oxygen atoms in total. The molecule has 0 saturated carbocycles. The first-order valence-electron chi connectivity index (χ1n) is 9.11. The number of aliphatic imine (C=N–C) groups is 1. The van der Waals surface area contributed by atoms with Crippen molar-refractivity contribution in [1.29, 1.82) is 0 Å². The SMILES string of the molecule is CCNC(=NCc1cc(OC)c(OC)cc1OC)N1CCN(C(C)=O)CC1.I. The number of hydrogen-bond acceptors (Lipinski definition) is 5. The van der Waals surface area contributed by atoms with Crippen LogP contribution in [-0.2, 0) is 11.3 Å². The van der Waals surface area contributed by atoms with E-state index in [1.807, 2.05) is 24.0 Å². The minimum Gasteiger partial charge on any atom is -0.496 e. The third kappa shape index (κ3) is 6.05. The number of amides is 1. The van der Waals surface area contributed by atoms with E-state index in [9.17, 15) is 4.79 Å². The van der Waals surface area contributed by atoms with Crippen molar-refractivity contribution in [3.63, 3.8) is 0 Å². The molecule has 9 heteroatoms. The fraction of sp³-hybridized carbons (Fsp3) is 0.579. The molecule has 0 unspecified atom stereocenters. The fourth-order valence-electron chi connectivity index (χ4n) is 3.04. The Bertz CT molecular complexity index is 676. The van der Waals surface area contributed by atoms with E-state index >= 15 is 0 Å². The van der Waals surface area contributed by atoms with Crippen LogP contribution in [0.2, 0.25) is 0 Å². The predicted octanol–water partition coefficient (Wildman–Crippen LogP) is 1.96. The van der Waals surface area contributed by atoms with E-state index in [0.29, 0.717) is 36.9 Å². The van der Waals surface area contributed by atoms with Crippen molar-refractivity contribution in [2.24, 2.45) is 4.99 Å². The van der Waals surface area contributed by atoms with E-state index in [4.69, 9.17) is 19.2 Å². The van der Waals surface area contributed by atoms with E-state index in [-0.39, 0.29) is 29.9 Å². The molecule has 0 bridgehead atoms. The first-order chi connectivity index (χ1) is 13.0. The lowest BCUT2D eigenvalue weighted by Gasteiger charge is -2.36. The summed E-state index contributed by atoms with van der Waals surface area (Å²) >= 11 is 0. The van der Waals surface area contributed by atoms with Gasteiger partial charge in [0.25, 0.3) is 0 Å². The van der Waals surface area contributed by atoms with Crippen LogP contribution in [0.1, 0.15) is 19.4 Å². The molecular weight excluding hydrogens is 475 g/mol. The number of methoxy groups -OCH3 is 3. The van der Waals surface area contributed by atoms with Crippen molar-refractivity contribution in [1.82, 2.24) is 15.1 Å². The minimum absolute atomic E-state index is 0. The van der Waals surface area contributed by atoms with Crippen molar-refractivity contribution < 1.29 is 19.0 Å². The number of benzene rings is 1. The van der Waals surface area contributed by atoms with Crippen LogP contribution in [-0.4, -0.2) is 75.7 Å². The van der Waals surface area contributed by atoms with Crippen molar-refractivity contribution in [2.45, 2.75) is 20.4 Å². The Kier molecular flexibility index (Phi) is 10.2. The van der Waals surface area contributed by atoms with Crippen LogP contribution in [0.4, 0.5) is 0 Å². The van der Waals surface area contributed by atoms with Gasteiger partial charge in [-0.25, -0.2) is 4.99 Å². The Morgan fingerprint density at radius 2 is 1.54 bits per heavy atom. The van der Waals surface area contributed by atoms with Crippen LogP contribution in [0.25, 0.3) is 0 Å². The molecule has 158 valence electrons. The van der Waals surface area contributed by atoms with E-state index in [1.165, 1.54) is 0 Å². The molecule has 2 rings (SSSR count). The number of nitrogens with zero attached hydrogens (tertiary/aromatic N) is 3. The number of guanidine groups is 1. The molecule has 1 aliphatic rings. The molecule has 1 aromatic carbocycles. The highest BCUT2D eigenvalue weighted by atomic mass is 127. The molecule has 1 aliphatic heterocycles. The maximum absolute atomic E-state index is 11.5. The molecule has 1 saturated heterocycles. The number of halogens is 1. The van der Waals surface area contributed by atoms with Gasteiger partial charge in [-0.3, -0.25) is 4.79 Å². The third-order valence-corrected chi connectivity index (χ3v) is 4.55. The van der Waals surface area contributed by atoms with Gasteiger partial charge >= 0.3 is 0 Å². The van der Waals surface area contributed by atoms with Crippen LogP contribution in [0.3, 0.4) is 0 Å². The number of rotatable bonds is 6. The maximum Gasteiger partial charge on any atom is 0.219 e. The Morgan fingerprint density at radius 1 is 1.00 bits per heavy atom. The Morgan fingerprint density at radius 3 is 2.04 bits per heavy atom. The molecule has 0 spiro atoms. The second kappa shape index (κ2) is 11.8. The summed E-state index contributed by atoms with van der Waals surface area (Å²) in [6.07, 6.45) is 0. The first-order valence-corrected chi connectivity index (χ1v) is 9.11. The summed E-state index contributed by atoms with van der Waals surface area (Å²) in [5.74, 6) is 2.91. The highest BCUT2D eigenvalue weighted by Gasteiger charge is 2.21. The van der Waals surface area contributed by atoms with Gasteiger partial charge < -0.3 is 29.3 Å².